The van der Waals surface area contributed by atoms with Gasteiger partial charge in [-0.1, -0.05) is 50.3 Å². The van der Waals surface area contributed by atoms with Crippen LogP contribution >= 0.6 is 0 Å². The van der Waals surface area contributed by atoms with Crippen molar-refractivity contribution in [1.82, 2.24) is 8.97 Å². The van der Waals surface area contributed by atoms with E-state index in [1.54, 1.807) is 6.07 Å². The van der Waals surface area contributed by atoms with Gasteiger partial charge in [-0.3, -0.25) is 9.20 Å². The summed E-state index contributed by atoms with van der Waals surface area (Å²) in [5.74, 6) is 0. The molecule has 0 saturated heterocycles. The van der Waals surface area contributed by atoms with Gasteiger partial charge in [0.15, 0.2) is 0 Å². The summed E-state index contributed by atoms with van der Waals surface area (Å²) in [7, 11) is 2.08. The van der Waals surface area contributed by atoms with E-state index in [1.807, 2.05) is 10.5 Å². The highest BCUT2D eigenvalue weighted by Crippen LogP contribution is 2.40. The monoisotopic (exact) mass is 340 g/mol. The Morgan fingerprint density at radius 1 is 0.962 bits per heavy atom. The van der Waals surface area contributed by atoms with Gasteiger partial charge in [0.05, 0.1) is 10.9 Å². The lowest BCUT2D eigenvalue weighted by Gasteiger charge is -2.23. The first kappa shape index (κ1) is 15.2. The summed E-state index contributed by atoms with van der Waals surface area (Å²) in [5, 5.41) is 2.22. The van der Waals surface area contributed by atoms with Gasteiger partial charge in [0.1, 0.15) is 0 Å². The number of pyridine rings is 1. The van der Waals surface area contributed by atoms with Crippen LogP contribution in [0.2, 0.25) is 0 Å². The Hall–Kier alpha value is -3.07. The minimum Gasteiger partial charge on any atom is -0.350 e. The standard InChI is InChI=1S/C23H20N2O/c1-23(2)13-7-11-19-22(23)21(18-10-6-12-20(26)25(18)19)16-14-24(3)17-9-5-4-8-15(16)17/h4-14H,1-3H3. The predicted molar refractivity (Wildman–Crippen MR) is 107 cm³/mol. The Bertz CT molecular complexity index is 1330. The van der Waals surface area contributed by atoms with Crippen LogP contribution < -0.4 is 10.9 Å². The number of aromatic nitrogens is 2. The van der Waals surface area contributed by atoms with E-state index in [1.165, 1.54) is 27.6 Å². The fourth-order valence-electron chi connectivity index (χ4n) is 4.39. The summed E-state index contributed by atoms with van der Waals surface area (Å²) in [6.45, 7) is 4.43. The van der Waals surface area contributed by atoms with Crippen molar-refractivity contribution in [3.63, 3.8) is 0 Å². The van der Waals surface area contributed by atoms with Crippen molar-refractivity contribution >= 4 is 22.5 Å². The van der Waals surface area contributed by atoms with E-state index >= 15 is 0 Å². The molecule has 3 aromatic heterocycles. The maximum atomic E-state index is 12.7. The summed E-state index contributed by atoms with van der Waals surface area (Å²) >= 11 is 0. The lowest BCUT2D eigenvalue weighted by Crippen LogP contribution is -2.31. The Morgan fingerprint density at radius 2 is 1.73 bits per heavy atom. The average molecular weight is 340 g/mol. The summed E-state index contributed by atoms with van der Waals surface area (Å²) < 4.78 is 4.02. The number of benzene rings is 1. The molecule has 0 radical (unpaired) electrons. The molecular weight excluding hydrogens is 320 g/mol. The van der Waals surface area contributed by atoms with E-state index in [2.05, 4.69) is 80.2 Å². The number of rotatable bonds is 1. The van der Waals surface area contributed by atoms with Crippen LogP contribution in [0.15, 0.2) is 65.6 Å². The number of fused-ring (bicyclic) bond motifs is 4. The van der Waals surface area contributed by atoms with Crippen LogP contribution in [-0.2, 0) is 12.5 Å². The first-order valence-corrected chi connectivity index (χ1v) is 8.91. The third-order valence-electron chi connectivity index (χ3n) is 5.53. The van der Waals surface area contributed by atoms with Gasteiger partial charge < -0.3 is 4.57 Å². The van der Waals surface area contributed by atoms with Gasteiger partial charge >= 0.3 is 0 Å². The third kappa shape index (κ3) is 1.86. The Balaban J connectivity index is 2.06. The highest BCUT2D eigenvalue weighted by Gasteiger charge is 2.30. The molecule has 0 spiro atoms. The zero-order chi connectivity index (χ0) is 18.1. The molecule has 0 amide bonds. The molecule has 3 heteroatoms. The molecule has 3 heterocycles. The molecule has 1 aliphatic carbocycles. The van der Waals surface area contributed by atoms with Crippen LogP contribution in [0.4, 0.5) is 0 Å². The highest BCUT2D eigenvalue weighted by molar-refractivity contribution is 6.02. The van der Waals surface area contributed by atoms with Gasteiger partial charge in [0, 0.05) is 46.8 Å². The second-order valence-electron chi connectivity index (χ2n) is 7.64. The van der Waals surface area contributed by atoms with Crippen LogP contribution in [0, 0.1) is 0 Å². The minimum absolute atomic E-state index is 0.0209. The molecule has 4 aromatic rings. The molecule has 3 nitrogen and oxygen atoms in total. The normalized spacial score (nSPS) is 15.3. The highest BCUT2D eigenvalue weighted by atomic mass is 16.1. The molecule has 0 fully saturated rings. The Morgan fingerprint density at radius 3 is 2.58 bits per heavy atom. The van der Waals surface area contributed by atoms with Gasteiger partial charge in [-0.2, -0.15) is 0 Å². The quantitative estimate of drug-likeness (QED) is 0.518. The molecule has 0 atom stereocenters. The number of aryl methyl sites for hydroxylation is 1. The van der Waals surface area contributed by atoms with Gasteiger partial charge in [0.2, 0.25) is 0 Å². The number of hydrogen-bond acceptors (Lipinski definition) is 1. The fourth-order valence-corrected chi connectivity index (χ4v) is 4.39. The molecule has 0 saturated carbocycles. The van der Waals surface area contributed by atoms with Crippen LogP contribution in [0.25, 0.3) is 33.6 Å². The number of nitrogens with zero attached hydrogens (tertiary/aromatic N) is 2. The van der Waals surface area contributed by atoms with E-state index in [0.29, 0.717) is 0 Å². The second-order valence-corrected chi connectivity index (χ2v) is 7.64. The molecule has 1 aliphatic rings. The summed E-state index contributed by atoms with van der Waals surface area (Å²) in [6.07, 6.45) is 8.53. The van der Waals surface area contributed by atoms with Crippen molar-refractivity contribution in [1.29, 1.82) is 0 Å². The van der Waals surface area contributed by atoms with E-state index in [0.717, 1.165) is 10.9 Å². The van der Waals surface area contributed by atoms with Gasteiger partial charge in [0.25, 0.3) is 5.56 Å². The maximum absolute atomic E-state index is 12.7. The molecule has 26 heavy (non-hydrogen) atoms. The fraction of sp³-hybridized carbons (Fsp3) is 0.174. The molecule has 5 rings (SSSR count). The predicted octanol–water partition coefficient (Wildman–Crippen LogP) is 3.81. The van der Waals surface area contributed by atoms with E-state index in [4.69, 9.17) is 0 Å². The summed E-state index contributed by atoms with van der Waals surface area (Å²) in [6, 6.07) is 14.0. The molecule has 0 N–H and O–H groups in total. The average Bonchev–Trinajstić information content (AvgIpc) is 3.12. The lowest BCUT2D eigenvalue weighted by molar-refractivity contribution is 0.661. The number of hydrogen-bond donors (Lipinski definition) is 0. The first-order chi connectivity index (χ1) is 12.5. The third-order valence-corrected chi connectivity index (χ3v) is 5.53. The summed E-state index contributed by atoms with van der Waals surface area (Å²) in [5.41, 5.74) is 5.62. The largest absolute Gasteiger partial charge is 0.350 e. The Kier molecular flexibility index (Phi) is 2.91. The SMILES string of the molecule is Cn1cc(-c2c3c(n4c(=O)cccc24)=CC=CC3(C)C)c2ccccc21. The number of allylic oxidation sites excluding steroid dienone is 2. The van der Waals surface area contributed by atoms with E-state index in [9.17, 15) is 4.79 Å². The van der Waals surface area contributed by atoms with Crippen molar-refractivity contribution < 1.29 is 0 Å². The topological polar surface area (TPSA) is 26.4 Å². The van der Waals surface area contributed by atoms with E-state index < -0.39 is 0 Å². The van der Waals surface area contributed by atoms with Crippen LogP contribution in [0.5, 0.6) is 0 Å². The van der Waals surface area contributed by atoms with Crippen LogP contribution in [0.1, 0.15) is 19.4 Å². The smallest absolute Gasteiger partial charge is 0.255 e. The van der Waals surface area contributed by atoms with Crippen molar-refractivity contribution in [3.05, 3.63) is 82.1 Å². The van der Waals surface area contributed by atoms with Crippen molar-refractivity contribution in [3.8, 4) is 11.1 Å². The molecule has 128 valence electrons. The van der Waals surface area contributed by atoms with Crippen LogP contribution in [0.3, 0.4) is 0 Å². The second kappa shape index (κ2) is 4.98. The van der Waals surface area contributed by atoms with Gasteiger partial charge in [-0.05, 0) is 23.8 Å². The van der Waals surface area contributed by atoms with Crippen molar-refractivity contribution in [2.75, 3.05) is 0 Å². The summed E-state index contributed by atoms with van der Waals surface area (Å²) in [4.78, 5) is 12.7. The zero-order valence-corrected chi connectivity index (χ0v) is 15.2. The van der Waals surface area contributed by atoms with Crippen LogP contribution in [-0.4, -0.2) is 8.97 Å². The van der Waals surface area contributed by atoms with Gasteiger partial charge in [-0.25, -0.2) is 0 Å². The first-order valence-electron chi connectivity index (χ1n) is 8.91. The maximum Gasteiger partial charge on any atom is 0.255 e. The molecule has 0 aliphatic heterocycles. The molecular formula is C23H20N2O. The van der Waals surface area contributed by atoms with E-state index in [-0.39, 0.29) is 11.0 Å². The molecule has 1 aromatic carbocycles. The molecule has 0 unspecified atom stereocenters. The zero-order valence-electron chi connectivity index (χ0n) is 15.2. The van der Waals surface area contributed by atoms with Gasteiger partial charge in [-0.15, -0.1) is 0 Å². The number of para-hydroxylation sites is 1. The lowest BCUT2D eigenvalue weighted by atomic mass is 9.79. The Labute approximate surface area is 151 Å². The molecule has 0 bridgehead atoms. The van der Waals surface area contributed by atoms with Crippen molar-refractivity contribution in [2.45, 2.75) is 19.3 Å². The minimum atomic E-state index is -0.144. The van der Waals surface area contributed by atoms with Crippen molar-refractivity contribution in [2.24, 2.45) is 7.05 Å².